The van der Waals surface area contributed by atoms with Crippen molar-refractivity contribution < 1.29 is 4.79 Å². The normalized spacial score (nSPS) is 19.9. The summed E-state index contributed by atoms with van der Waals surface area (Å²) in [6, 6.07) is 0.669. The average Bonchev–Trinajstić information content (AvgIpc) is 2.38. The SMILES string of the molecule is CCCC(C)NC(=O)CNC(C)CN1CCCCC1. The largest absolute Gasteiger partial charge is 0.353 e. The van der Waals surface area contributed by atoms with Crippen LogP contribution in [-0.2, 0) is 4.79 Å². The van der Waals surface area contributed by atoms with Crippen molar-refractivity contribution in [2.45, 2.75) is 65.0 Å². The third-order valence-electron chi connectivity index (χ3n) is 3.72. The molecule has 0 bridgehead atoms. The van der Waals surface area contributed by atoms with E-state index < -0.39 is 0 Å². The number of carbonyl (C=O) groups is 1. The Hall–Kier alpha value is -0.610. The summed E-state index contributed by atoms with van der Waals surface area (Å²) < 4.78 is 0. The van der Waals surface area contributed by atoms with E-state index in [9.17, 15) is 4.79 Å². The molecule has 0 spiro atoms. The second kappa shape index (κ2) is 9.32. The van der Waals surface area contributed by atoms with Crippen LogP contribution in [0.5, 0.6) is 0 Å². The van der Waals surface area contributed by atoms with Crippen molar-refractivity contribution in [1.82, 2.24) is 15.5 Å². The number of nitrogens with one attached hydrogen (secondary N) is 2. The number of carbonyl (C=O) groups excluding carboxylic acids is 1. The lowest BCUT2D eigenvalue weighted by atomic mass is 10.1. The molecule has 19 heavy (non-hydrogen) atoms. The van der Waals surface area contributed by atoms with Crippen LogP contribution in [0.3, 0.4) is 0 Å². The number of rotatable bonds is 8. The topological polar surface area (TPSA) is 44.4 Å². The standard InChI is InChI=1S/C15H31N3O/c1-4-8-13(2)17-15(19)11-16-14(3)12-18-9-6-5-7-10-18/h13-14,16H,4-12H2,1-3H3,(H,17,19). The predicted molar refractivity (Wildman–Crippen MR) is 80.3 cm³/mol. The Bertz CT molecular complexity index is 252. The van der Waals surface area contributed by atoms with Gasteiger partial charge in [0.05, 0.1) is 6.54 Å². The van der Waals surface area contributed by atoms with Gasteiger partial charge >= 0.3 is 0 Å². The minimum Gasteiger partial charge on any atom is -0.353 e. The molecule has 2 atom stereocenters. The Morgan fingerprint density at radius 1 is 1.16 bits per heavy atom. The van der Waals surface area contributed by atoms with E-state index in [1.165, 1.54) is 32.4 Å². The van der Waals surface area contributed by atoms with E-state index in [-0.39, 0.29) is 11.9 Å². The van der Waals surface area contributed by atoms with Crippen molar-refractivity contribution in [2.75, 3.05) is 26.2 Å². The van der Waals surface area contributed by atoms with Gasteiger partial charge in [-0.3, -0.25) is 4.79 Å². The van der Waals surface area contributed by atoms with Crippen LogP contribution in [0.1, 0.15) is 52.9 Å². The smallest absolute Gasteiger partial charge is 0.234 e. The molecule has 1 aliphatic heterocycles. The van der Waals surface area contributed by atoms with Crippen LogP contribution < -0.4 is 10.6 Å². The van der Waals surface area contributed by atoms with Gasteiger partial charge in [0.1, 0.15) is 0 Å². The highest BCUT2D eigenvalue weighted by Gasteiger charge is 2.14. The van der Waals surface area contributed by atoms with Crippen LogP contribution in [-0.4, -0.2) is 49.1 Å². The summed E-state index contributed by atoms with van der Waals surface area (Å²) >= 11 is 0. The highest BCUT2D eigenvalue weighted by molar-refractivity contribution is 5.78. The summed E-state index contributed by atoms with van der Waals surface area (Å²) in [5.41, 5.74) is 0. The quantitative estimate of drug-likeness (QED) is 0.706. The van der Waals surface area contributed by atoms with Gasteiger partial charge in [-0.1, -0.05) is 19.8 Å². The van der Waals surface area contributed by atoms with Crippen molar-refractivity contribution >= 4 is 5.91 Å². The molecule has 0 radical (unpaired) electrons. The summed E-state index contributed by atoms with van der Waals surface area (Å²) in [7, 11) is 0. The number of hydrogen-bond acceptors (Lipinski definition) is 3. The highest BCUT2D eigenvalue weighted by atomic mass is 16.1. The van der Waals surface area contributed by atoms with Gasteiger partial charge in [-0.2, -0.15) is 0 Å². The van der Waals surface area contributed by atoms with Crippen LogP contribution in [0.25, 0.3) is 0 Å². The van der Waals surface area contributed by atoms with Crippen molar-refractivity contribution in [3.63, 3.8) is 0 Å². The zero-order chi connectivity index (χ0) is 14.1. The molecule has 1 amide bonds. The Kier molecular flexibility index (Phi) is 8.07. The van der Waals surface area contributed by atoms with Crippen LogP contribution in [0.2, 0.25) is 0 Å². The molecule has 0 aromatic carbocycles. The summed E-state index contributed by atoms with van der Waals surface area (Å²) in [6.45, 7) is 10.3. The molecular formula is C15H31N3O. The summed E-state index contributed by atoms with van der Waals surface area (Å²) in [5, 5.41) is 6.35. The number of piperidine rings is 1. The Morgan fingerprint density at radius 2 is 1.84 bits per heavy atom. The van der Waals surface area contributed by atoms with Gasteiger partial charge in [-0.05, 0) is 46.2 Å². The van der Waals surface area contributed by atoms with E-state index in [1.807, 2.05) is 0 Å². The number of amides is 1. The van der Waals surface area contributed by atoms with Crippen LogP contribution in [0.4, 0.5) is 0 Å². The molecule has 0 aliphatic carbocycles. The van der Waals surface area contributed by atoms with Gasteiger partial charge in [0.25, 0.3) is 0 Å². The monoisotopic (exact) mass is 269 g/mol. The minimum atomic E-state index is 0.117. The molecule has 0 saturated carbocycles. The van der Waals surface area contributed by atoms with E-state index in [0.717, 1.165) is 19.4 Å². The van der Waals surface area contributed by atoms with Crippen molar-refractivity contribution in [2.24, 2.45) is 0 Å². The van der Waals surface area contributed by atoms with Gasteiger partial charge in [0.2, 0.25) is 5.91 Å². The molecule has 1 heterocycles. The van der Waals surface area contributed by atoms with Crippen LogP contribution in [0, 0.1) is 0 Å². The van der Waals surface area contributed by atoms with Crippen molar-refractivity contribution in [3.05, 3.63) is 0 Å². The lowest BCUT2D eigenvalue weighted by Gasteiger charge is -2.29. The van der Waals surface area contributed by atoms with Crippen molar-refractivity contribution in [1.29, 1.82) is 0 Å². The molecule has 1 fully saturated rings. The minimum absolute atomic E-state index is 0.117. The van der Waals surface area contributed by atoms with Crippen molar-refractivity contribution in [3.8, 4) is 0 Å². The van der Waals surface area contributed by atoms with Gasteiger partial charge in [-0.25, -0.2) is 0 Å². The number of hydrogen-bond donors (Lipinski definition) is 2. The van der Waals surface area contributed by atoms with Gasteiger partial charge in [0, 0.05) is 18.6 Å². The molecule has 0 aromatic rings. The molecule has 112 valence electrons. The second-order valence-corrected chi connectivity index (χ2v) is 5.90. The number of likely N-dealkylation sites (tertiary alicyclic amines) is 1. The molecular weight excluding hydrogens is 238 g/mol. The van der Waals surface area contributed by atoms with Crippen LogP contribution in [0.15, 0.2) is 0 Å². The first-order chi connectivity index (χ1) is 9.11. The van der Waals surface area contributed by atoms with Gasteiger partial charge < -0.3 is 15.5 Å². The summed E-state index contributed by atoms with van der Waals surface area (Å²) in [6.07, 6.45) is 6.18. The maximum Gasteiger partial charge on any atom is 0.234 e. The molecule has 4 heteroatoms. The highest BCUT2D eigenvalue weighted by Crippen LogP contribution is 2.08. The number of nitrogens with zero attached hydrogens (tertiary/aromatic N) is 1. The third-order valence-corrected chi connectivity index (χ3v) is 3.72. The Labute approximate surface area is 118 Å². The van der Waals surface area contributed by atoms with Gasteiger partial charge in [0.15, 0.2) is 0 Å². The van der Waals surface area contributed by atoms with E-state index in [2.05, 4.69) is 36.3 Å². The summed E-state index contributed by atoms with van der Waals surface area (Å²) in [4.78, 5) is 14.2. The Morgan fingerprint density at radius 3 is 2.47 bits per heavy atom. The Balaban J connectivity index is 2.11. The first-order valence-corrected chi connectivity index (χ1v) is 7.87. The van der Waals surface area contributed by atoms with E-state index in [1.54, 1.807) is 0 Å². The first-order valence-electron chi connectivity index (χ1n) is 7.87. The molecule has 2 unspecified atom stereocenters. The van der Waals surface area contributed by atoms with E-state index >= 15 is 0 Å². The molecule has 4 nitrogen and oxygen atoms in total. The molecule has 0 aromatic heterocycles. The molecule has 2 N–H and O–H groups in total. The maximum atomic E-state index is 11.7. The fourth-order valence-electron chi connectivity index (χ4n) is 2.69. The lowest BCUT2D eigenvalue weighted by molar-refractivity contribution is -0.121. The second-order valence-electron chi connectivity index (χ2n) is 5.90. The predicted octanol–water partition coefficient (Wildman–Crippen LogP) is 1.76. The van der Waals surface area contributed by atoms with Gasteiger partial charge in [-0.15, -0.1) is 0 Å². The fourth-order valence-corrected chi connectivity index (χ4v) is 2.69. The lowest BCUT2D eigenvalue weighted by Crippen LogP contribution is -2.46. The van der Waals surface area contributed by atoms with E-state index in [0.29, 0.717) is 12.6 Å². The van der Waals surface area contributed by atoms with Crippen LogP contribution >= 0.6 is 0 Å². The molecule has 1 aliphatic rings. The fraction of sp³-hybridized carbons (Fsp3) is 0.933. The third kappa shape index (κ3) is 7.53. The molecule has 1 rings (SSSR count). The molecule has 1 saturated heterocycles. The zero-order valence-corrected chi connectivity index (χ0v) is 12.9. The first kappa shape index (κ1) is 16.4. The summed E-state index contributed by atoms with van der Waals surface area (Å²) in [5.74, 6) is 0.117. The maximum absolute atomic E-state index is 11.7. The zero-order valence-electron chi connectivity index (χ0n) is 12.9. The van der Waals surface area contributed by atoms with E-state index in [4.69, 9.17) is 0 Å². The average molecular weight is 269 g/mol.